The Morgan fingerprint density at radius 2 is 1.78 bits per heavy atom. The number of esters is 1. The monoisotopic (exact) mass is 484 g/mol. The molecule has 1 saturated heterocycles. The molecule has 5 nitrogen and oxygen atoms in total. The van der Waals surface area contributed by atoms with E-state index in [-0.39, 0.29) is 23.6 Å². The molecule has 0 spiro atoms. The first kappa shape index (κ1) is 23.8. The maximum absolute atomic E-state index is 13.8. The van der Waals surface area contributed by atoms with E-state index < -0.39 is 0 Å². The molecule has 1 fully saturated rings. The number of ether oxygens (including phenoxy) is 2. The van der Waals surface area contributed by atoms with Crippen LogP contribution in [0.25, 0.3) is 22.0 Å². The first-order valence-electron chi connectivity index (χ1n) is 12.2. The lowest BCUT2D eigenvalue weighted by atomic mass is 9.88. The number of nitrogens with zero attached hydrogens (tertiary/aromatic N) is 2. The van der Waals surface area contributed by atoms with Crippen molar-refractivity contribution in [2.45, 2.75) is 26.4 Å². The van der Waals surface area contributed by atoms with Crippen molar-refractivity contribution < 1.29 is 18.7 Å². The third kappa shape index (κ3) is 4.63. The molecular formula is C30H29FN2O3. The number of fused-ring (bicyclic) bond motifs is 1. The molecule has 3 aromatic carbocycles. The Hall–Kier alpha value is -3.93. The van der Waals surface area contributed by atoms with Crippen molar-refractivity contribution in [3.05, 3.63) is 89.7 Å². The van der Waals surface area contributed by atoms with Crippen molar-refractivity contribution in [2.24, 2.45) is 5.92 Å². The van der Waals surface area contributed by atoms with Gasteiger partial charge >= 0.3 is 5.97 Å². The van der Waals surface area contributed by atoms with E-state index in [1.165, 1.54) is 19.2 Å². The standard InChI is InChI=1S/C30H29FN2O3/c1-19(2)27-28(21-9-11-23(31)12-10-21)25-14-13-24(36-18-20-7-5-4-6-8-20)15-26(25)32-29(27)33-16-22(17-33)30(34)35-3/h4-15,19,22H,16-18H2,1-3H3. The van der Waals surface area contributed by atoms with Crippen LogP contribution in [-0.4, -0.2) is 31.2 Å². The molecule has 0 amide bonds. The van der Waals surface area contributed by atoms with Crippen LogP contribution < -0.4 is 9.64 Å². The van der Waals surface area contributed by atoms with Gasteiger partial charge in [-0.3, -0.25) is 4.79 Å². The summed E-state index contributed by atoms with van der Waals surface area (Å²) in [6.45, 7) is 5.83. The summed E-state index contributed by atoms with van der Waals surface area (Å²) < 4.78 is 24.8. The van der Waals surface area contributed by atoms with Gasteiger partial charge in [0.25, 0.3) is 0 Å². The summed E-state index contributed by atoms with van der Waals surface area (Å²) in [4.78, 5) is 19.2. The van der Waals surface area contributed by atoms with E-state index in [9.17, 15) is 9.18 Å². The van der Waals surface area contributed by atoms with E-state index in [1.807, 2.05) is 60.7 Å². The van der Waals surface area contributed by atoms with Gasteiger partial charge in [0.05, 0.1) is 18.5 Å². The summed E-state index contributed by atoms with van der Waals surface area (Å²) in [6.07, 6.45) is 0. The number of carbonyl (C=O) groups excluding carboxylic acids is 1. The molecule has 0 saturated carbocycles. The van der Waals surface area contributed by atoms with E-state index in [0.717, 1.165) is 44.7 Å². The number of carbonyl (C=O) groups is 1. The summed E-state index contributed by atoms with van der Waals surface area (Å²) in [5, 5.41) is 0.978. The van der Waals surface area contributed by atoms with Gasteiger partial charge in [-0.2, -0.15) is 0 Å². The molecule has 0 radical (unpaired) electrons. The predicted molar refractivity (Wildman–Crippen MR) is 140 cm³/mol. The second kappa shape index (κ2) is 9.97. The van der Waals surface area contributed by atoms with Gasteiger partial charge in [-0.05, 0) is 46.9 Å². The van der Waals surface area contributed by atoms with E-state index in [4.69, 9.17) is 14.5 Å². The van der Waals surface area contributed by atoms with Gasteiger partial charge in [-0.25, -0.2) is 9.37 Å². The molecule has 2 heterocycles. The molecule has 0 bridgehead atoms. The second-order valence-corrected chi connectivity index (χ2v) is 9.46. The van der Waals surface area contributed by atoms with Gasteiger partial charge in [-0.15, -0.1) is 0 Å². The topological polar surface area (TPSA) is 51.7 Å². The van der Waals surface area contributed by atoms with Gasteiger partial charge in [0.15, 0.2) is 0 Å². The molecule has 1 aromatic heterocycles. The fourth-order valence-electron chi connectivity index (χ4n) is 4.76. The zero-order chi connectivity index (χ0) is 25.2. The van der Waals surface area contributed by atoms with Gasteiger partial charge in [0.2, 0.25) is 0 Å². The average Bonchev–Trinajstić information content (AvgIpc) is 2.86. The smallest absolute Gasteiger partial charge is 0.312 e. The van der Waals surface area contributed by atoms with Gasteiger partial charge in [-0.1, -0.05) is 56.3 Å². The number of hydrogen-bond acceptors (Lipinski definition) is 5. The number of halogens is 1. The van der Waals surface area contributed by atoms with Crippen LogP contribution in [0.4, 0.5) is 10.2 Å². The van der Waals surface area contributed by atoms with E-state index >= 15 is 0 Å². The number of anilines is 1. The summed E-state index contributed by atoms with van der Waals surface area (Å²) in [5.74, 6) is 1.09. The Balaban J connectivity index is 1.61. The summed E-state index contributed by atoms with van der Waals surface area (Å²) in [6, 6.07) is 22.6. The predicted octanol–water partition coefficient (Wildman–Crippen LogP) is 6.35. The Kier molecular flexibility index (Phi) is 6.59. The summed E-state index contributed by atoms with van der Waals surface area (Å²) in [5.41, 5.74) is 4.91. The van der Waals surface area contributed by atoms with Gasteiger partial charge < -0.3 is 14.4 Å². The number of benzene rings is 3. The molecule has 4 aromatic rings. The minimum Gasteiger partial charge on any atom is -0.489 e. The lowest BCUT2D eigenvalue weighted by Crippen LogP contribution is -2.51. The Morgan fingerprint density at radius 3 is 2.44 bits per heavy atom. The zero-order valence-corrected chi connectivity index (χ0v) is 20.7. The lowest BCUT2D eigenvalue weighted by molar-refractivity contribution is -0.146. The van der Waals surface area contributed by atoms with Crippen LogP contribution in [0.2, 0.25) is 0 Å². The van der Waals surface area contributed by atoms with Gasteiger partial charge in [0.1, 0.15) is 24.0 Å². The fourth-order valence-corrected chi connectivity index (χ4v) is 4.76. The quantitative estimate of drug-likeness (QED) is 0.286. The van der Waals surface area contributed by atoms with Crippen LogP contribution in [0.3, 0.4) is 0 Å². The largest absolute Gasteiger partial charge is 0.489 e. The number of aromatic nitrogens is 1. The first-order chi connectivity index (χ1) is 17.4. The lowest BCUT2D eigenvalue weighted by Gasteiger charge is -2.40. The van der Waals surface area contributed by atoms with Crippen molar-refractivity contribution in [3.8, 4) is 16.9 Å². The fraction of sp³-hybridized carbons (Fsp3) is 0.267. The van der Waals surface area contributed by atoms with Crippen molar-refractivity contribution in [3.63, 3.8) is 0 Å². The van der Waals surface area contributed by atoms with Crippen LogP contribution in [0.5, 0.6) is 5.75 Å². The number of pyridine rings is 1. The number of rotatable bonds is 7. The Morgan fingerprint density at radius 1 is 1.06 bits per heavy atom. The molecule has 0 unspecified atom stereocenters. The molecule has 1 aliphatic rings. The van der Waals surface area contributed by atoms with Crippen LogP contribution in [-0.2, 0) is 16.1 Å². The highest BCUT2D eigenvalue weighted by Gasteiger charge is 2.36. The molecule has 5 rings (SSSR count). The van der Waals surface area contributed by atoms with E-state index in [0.29, 0.717) is 19.7 Å². The van der Waals surface area contributed by atoms with Crippen LogP contribution >= 0.6 is 0 Å². The Labute approximate surface area is 210 Å². The zero-order valence-electron chi connectivity index (χ0n) is 20.7. The van der Waals surface area contributed by atoms with Crippen molar-refractivity contribution in [2.75, 3.05) is 25.1 Å². The molecule has 184 valence electrons. The average molecular weight is 485 g/mol. The van der Waals surface area contributed by atoms with Crippen LogP contribution in [0.1, 0.15) is 30.9 Å². The molecule has 0 N–H and O–H groups in total. The van der Waals surface area contributed by atoms with Gasteiger partial charge in [0, 0.05) is 30.1 Å². The van der Waals surface area contributed by atoms with Crippen molar-refractivity contribution >= 4 is 22.7 Å². The first-order valence-corrected chi connectivity index (χ1v) is 12.2. The third-order valence-corrected chi connectivity index (χ3v) is 6.65. The Bertz CT molecular complexity index is 1380. The highest BCUT2D eigenvalue weighted by atomic mass is 19.1. The normalized spacial score (nSPS) is 13.6. The molecule has 36 heavy (non-hydrogen) atoms. The van der Waals surface area contributed by atoms with E-state index in [2.05, 4.69) is 18.7 Å². The molecule has 0 atom stereocenters. The second-order valence-electron chi connectivity index (χ2n) is 9.46. The number of hydrogen-bond donors (Lipinski definition) is 0. The SMILES string of the molecule is COC(=O)C1CN(c2nc3cc(OCc4ccccc4)ccc3c(-c3ccc(F)cc3)c2C(C)C)C1. The molecule has 0 aliphatic carbocycles. The maximum atomic E-state index is 13.8. The maximum Gasteiger partial charge on any atom is 0.312 e. The van der Waals surface area contributed by atoms with E-state index in [1.54, 1.807) is 0 Å². The highest BCUT2D eigenvalue weighted by molar-refractivity contribution is 5.99. The highest BCUT2D eigenvalue weighted by Crippen LogP contribution is 2.43. The number of methoxy groups -OCH3 is 1. The minimum absolute atomic E-state index is 0.156. The van der Waals surface area contributed by atoms with Crippen LogP contribution in [0.15, 0.2) is 72.8 Å². The molecule has 6 heteroatoms. The molecular weight excluding hydrogens is 455 g/mol. The summed E-state index contributed by atoms with van der Waals surface area (Å²) >= 11 is 0. The summed E-state index contributed by atoms with van der Waals surface area (Å²) in [7, 11) is 1.42. The van der Waals surface area contributed by atoms with Crippen LogP contribution in [0, 0.1) is 11.7 Å². The molecule has 1 aliphatic heterocycles. The van der Waals surface area contributed by atoms with Crippen molar-refractivity contribution in [1.82, 2.24) is 4.98 Å². The van der Waals surface area contributed by atoms with Crippen molar-refractivity contribution in [1.29, 1.82) is 0 Å². The minimum atomic E-state index is -0.274. The third-order valence-electron chi connectivity index (χ3n) is 6.65.